The molecule has 1 aliphatic rings. The van der Waals surface area contributed by atoms with Gasteiger partial charge in [-0.3, -0.25) is 19.4 Å². The van der Waals surface area contributed by atoms with Gasteiger partial charge in [0.25, 0.3) is 17.7 Å². The molecule has 0 saturated carbocycles. The van der Waals surface area contributed by atoms with Crippen molar-refractivity contribution in [3.63, 3.8) is 0 Å². The molecule has 1 aromatic heterocycles. The van der Waals surface area contributed by atoms with Crippen LogP contribution in [0.4, 0.5) is 0 Å². The van der Waals surface area contributed by atoms with Crippen molar-refractivity contribution < 1.29 is 14.4 Å². The van der Waals surface area contributed by atoms with E-state index in [9.17, 15) is 14.4 Å². The van der Waals surface area contributed by atoms with Crippen LogP contribution in [0.1, 0.15) is 44.9 Å². The molecule has 1 N–H and O–H groups in total. The Hall–Kier alpha value is -3.42. The predicted octanol–water partition coefficient (Wildman–Crippen LogP) is 4.79. The molecule has 0 aliphatic carbocycles. The van der Waals surface area contributed by atoms with E-state index in [4.69, 9.17) is 23.2 Å². The molecule has 4 rings (SSSR count). The normalized spacial score (nSPS) is 13.6. The van der Waals surface area contributed by atoms with Crippen LogP contribution >= 0.6 is 23.2 Å². The number of hydrogen-bond acceptors (Lipinski definition) is 4. The van der Waals surface area contributed by atoms with Crippen molar-refractivity contribution in [1.82, 2.24) is 20.1 Å². The number of benzene rings is 2. The maximum Gasteiger partial charge on any atom is 0.255 e. The molecule has 0 radical (unpaired) electrons. The lowest BCUT2D eigenvalue weighted by molar-refractivity contribution is 0.0535. The van der Waals surface area contributed by atoms with Gasteiger partial charge in [0.2, 0.25) is 0 Å². The second kappa shape index (κ2) is 11.1. The van der Waals surface area contributed by atoms with Crippen molar-refractivity contribution in [3.05, 3.63) is 87.7 Å². The van der Waals surface area contributed by atoms with Gasteiger partial charge in [0.05, 0.1) is 16.1 Å². The Bertz CT molecular complexity index is 1290. The molecule has 0 bridgehead atoms. The smallest absolute Gasteiger partial charge is 0.255 e. The lowest BCUT2D eigenvalue weighted by Gasteiger charge is -2.35. The molecule has 1 saturated heterocycles. The molecular weight excluding hydrogens is 499 g/mol. The molecule has 1 fully saturated rings. The lowest BCUT2D eigenvalue weighted by atomic mass is 10.0. The Balaban J connectivity index is 1.39. The first-order valence-corrected chi connectivity index (χ1v) is 12.4. The minimum atomic E-state index is -0.179. The number of nitrogens with one attached hydrogen (secondary N) is 1. The topological polar surface area (TPSA) is 82.6 Å². The van der Waals surface area contributed by atoms with Gasteiger partial charge < -0.3 is 15.1 Å². The highest BCUT2D eigenvalue weighted by atomic mass is 35.5. The van der Waals surface area contributed by atoms with Crippen LogP contribution in [0.15, 0.2) is 60.9 Å². The molecule has 0 unspecified atom stereocenters. The summed E-state index contributed by atoms with van der Waals surface area (Å²) in [4.78, 5) is 45.8. The summed E-state index contributed by atoms with van der Waals surface area (Å²) in [5, 5.41) is 3.64. The minimum Gasteiger partial charge on any atom is -0.350 e. The molecule has 2 heterocycles. The number of nitrogens with zero attached hydrogens (tertiary/aromatic N) is 3. The molecule has 7 nitrogen and oxygen atoms in total. The van der Waals surface area contributed by atoms with Crippen molar-refractivity contribution in [3.8, 4) is 11.1 Å². The van der Waals surface area contributed by atoms with E-state index >= 15 is 0 Å². The Morgan fingerprint density at radius 1 is 0.806 bits per heavy atom. The first-order chi connectivity index (χ1) is 17.2. The van der Waals surface area contributed by atoms with Gasteiger partial charge in [-0.25, -0.2) is 0 Å². The van der Waals surface area contributed by atoms with Crippen molar-refractivity contribution in [2.24, 2.45) is 0 Å². The summed E-state index contributed by atoms with van der Waals surface area (Å²) < 4.78 is 0. The molecule has 3 amide bonds. The lowest BCUT2D eigenvalue weighted by Crippen LogP contribution is -2.50. The van der Waals surface area contributed by atoms with Crippen LogP contribution in [0.2, 0.25) is 10.0 Å². The number of amides is 3. The molecule has 1 aliphatic heterocycles. The number of carbonyl (C=O) groups excluding carboxylic acids is 3. The fourth-order valence-electron chi connectivity index (χ4n) is 4.00. The Morgan fingerprint density at radius 3 is 2.06 bits per heavy atom. The molecule has 9 heteroatoms. The fraction of sp³-hybridized carbons (Fsp3) is 0.259. The summed E-state index contributed by atoms with van der Waals surface area (Å²) in [5.41, 5.74) is 3.08. The standard InChI is InChI=1S/C27H26Cl2N4O3/c1-17(2)31-25(34)21-13-20(15-30-16-21)18-3-5-19(6-4-18)26(35)32-9-11-33(12-10-32)27(36)23-8-7-22(28)14-24(23)29/h3-8,13-17H,9-12H2,1-2H3,(H,31,34). The van der Waals surface area contributed by atoms with E-state index in [1.807, 2.05) is 26.0 Å². The zero-order chi connectivity index (χ0) is 25.8. The van der Waals surface area contributed by atoms with E-state index in [0.29, 0.717) is 52.9 Å². The van der Waals surface area contributed by atoms with E-state index in [2.05, 4.69) is 10.3 Å². The zero-order valence-corrected chi connectivity index (χ0v) is 21.5. The van der Waals surface area contributed by atoms with Crippen LogP contribution < -0.4 is 5.32 Å². The highest BCUT2D eigenvalue weighted by Gasteiger charge is 2.26. The van der Waals surface area contributed by atoms with Gasteiger partial charge in [0, 0.05) is 60.8 Å². The van der Waals surface area contributed by atoms with Crippen molar-refractivity contribution in [1.29, 1.82) is 0 Å². The molecule has 36 heavy (non-hydrogen) atoms. The van der Waals surface area contributed by atoms with E-state index in [1.54, 1.807) is 52.4 Å². The average Bonchev–Trinajstić information content (AvgIpc) is 2.88. The van der Waals surface area contributed by atoms with Gasteiger partial charge in [-0.15, -0.1) is 0 Å². The maximum absolute atomic E-state index is 13.1. The molecule has 0 spiro atoms. The first kappa shape index (κ1) is 25.7. The number of aromatic nitrogens is 1. The second-order valence-corrected chi connectivity index (χ2v) is 9.72. The Morgan fingerprint density at radius 2 is 1.44 bits per heavy atom. The van der Waals surface area contributed by atoms with Crippen molar-refractivity contribution in [2.75, 3.05) is 26.2 Å². The summed E-state index contributed by atoms with van der Waals surface area (Å²) in [6.07, 6.45) is 3.22. The van der Waals surface area contributed by atoms with E-state index in [-0.39, 0.29) is 23.8 Å². The fourth-order valence-corrected chi connectivity index (χ4v) is 4.49. The second-order valence-electron chi connectivity index (χ2n) is 8.88. The quantitative estimate of drug-likeness (QED) is 0.519. The molecule has 3 aromatic rings. The summed E-state index contributed by atoms with van der Waals surface area (Å²) in [6, 6.07) is 13.8. The van der Waals surface area contributed by atoms with Gasteiger partial charge in [-0.2, -0.15) is 0 Å². The number of carbonyl (C=O) groups is 3. The van der Waals surface area contributed by atoms with E-state index in [0.717, 1.165) is 11.1 Å². The number of pyridine rings is 1. The molecular formula is C27H26Cl2N4O3. The predicted molar refractivity (Wildman–Crippen MR) is 141 cm³/mol. The minimum absolute atomic E-state index is 0.0293. The number of halogens is 2. The molecule has 0 atom stereocenters. The van der Waals surface area contributed by atoms with Crippen LogP contribution in [0.25, 0.3) is 11.1 Å². The average molecular weight is 525 g/mol. The summed E-state index contributed by atoms with van der Waals surface area (Å²) >= 11 is 12.1. The third kappa shape index (κ3) is 5.86. The van der Waals surface area contributed by atoms with Crippen LogP contribution in [-0.2, 0) is 0 Å². The summed E-state index contributed by atoms with van der Waals surface area (Å²) in [5.74, 6) is -0.450. The van der Waals surface area contributed by atoms with Gasteiger partial charge in [-0.1, -0.05) is 35.3 Å². The van der Waals surface area contributed by atoms with Crippen molar-refractivity contribution in [2.45, 2.75) is 19.9 Å². The summed E-state index contributed by atoms with van der Waals surface area (Å²) in [6.45, 7) is 5.48. The number of rotatable bonds is 5. The number of hydrogen-bond donors (Lipinski definition) is 1. The molecule has 2 aromatic carbocycles. The Labute approximate surface area is 220 Å². The van der Waals surface area contributed by atoms with Gasteiger partial charge in [0.1, 0.15) is 0 Å². The highest BCUT2D eigenvalue weighted by Crippen LogP contribution is 2.24. The van der Waals surface area contributed by atoms with Gasteiger partial charge in [-0.05, 0) is 55.8 Å². The maximum atomic E-state index is 13.1. The van der Waals surface area contributed by atoms with Crippen LogP contribution in [0.5, 0.6) is 0 Å². The first-order valence-electron chi connectivity index (χ1n) is 11.6. The third-order valence-electron chi connectivity index (χ3n) is 5.90. The largest absolute Gasteiger partial charge is 0.350 e. The van der Waals surface area contributed by atoms with E-state index < -0.39 is 0 Å². The molecule has 186 valence electrons. The summed E-state index contributed by atoms with van der Waals surface area (Å²) in [7, 11) is 0. The monoisotopic (exact) mass is 524 g/mol. The number of piperazine rings is 1. The van der Waals surface area contributed by atoms with Crippen molar-refractivity contribution >= 4 is 40.9 Å². The van der Waals surface area contributed by atoms with Gasteiger partial charge in [0.15, 0.2) is 0 Å². The zero-order valence-electron chi connectivity index (χ0n) is 20.0. The third-order valence-corrected chi connectivity index (χ3v) is 6.45. The SMILES string of the molecule is CC(C)NC(=O)c1cncc(-c2ccc(C(=O)N3CCN(C(=O)c4ccc(Cl)cc4Cl)CC3)cc2)c1. The van der Waals surface area contributed by atoms with Crippen LogP contribution in [-0.4, -0.2) is 64.7 Å². The van der Waals surface area contributed by atoms with E-state index in [1.165, 1.54) is 6.20 Å². The van der Waals surface area contributed by atoms with Crippen LogP contribution in [0, 0.1) is 0 Å². The highest BCUT2D eigenvalue weighted by molar-refractivity contribution is 6.36. The van der Waals surface area contributed by atoms with Gasteiger partial charge >= 0.3 is 0 Å². The van der Waals surface area contributed by atoms with Crippen LogP contribution in [0.3, 0.4) is 0 Å². The Kier molecular flexibility index (Phi) is 7.91.